The molecule has 0 atom stereocenters. The predicted octanol–water partition coefficient (Wildman–Crippen LogP) is 13.9. The summed E-state index contributed by atoms with van der Waals surface area (Å²) < 4.78 is 5.14. The highest BCUT2D eigenvalue weighted by Gasteiger charge is 2.23. The van der Waals surface area contributed by atoms with Crippen molar-refractivity contribution in [3.05, 3.63) is 182 Å². The topological polar surface area (TPSA) is 17.8 Å². The molecule has 0 amide bonds. The summed E-state index contributed by atoms with van der Waals surface area (Å²) >= 11 is 1.93. The first-order chi connectivity index (χ1) is 25.8. The Morgan fingerprint density at radius 2 is 0.962 bits per heavy atom. The zero-order valence-corrected chi connectivity index (χ0v) is 28.9. The zero-order valence-electron chi connectivity index (χ0n) is 28.1. The summed E-state index contributed by atoms with van der Waals surface area (Å²) in [4.78, 5) is 5.23. The van der Waals surface area contributed by atoms with Crippen LogP contribution in [0.1, 0.15) is 0 Å². The molecule has 0 spiro atoms. The second-order valence-electron chi connectivity index (χ2n) is 13.5. The first-order valence-electron chi connectivity index (χ1n) is 17.7. The molecule has 0 unspecified atom stereocenters. The van der Waals surface area contributed by atoms with Crippen molar-refractivity contribution in [2.45, 2.75) is 0 Å². The average Bonchev–Trinajstić information content (AvgIpc) is 3.78. The van der Waals surface area contributed by atoms with Crippen LogP contribution in [-0.4, -0.2) is 9.55 Å². The van der Waals surface area contributed by atoms with Crippen LogP contribution in [0.3, 0.4) is 0 Å². The largest absolute Gasteiger partial charge is 0.308 e. The Morgan fingerprint density at radius 3 is 1.71 bits per heavy atom. The number of para-hydroxylation sites is 1. The fourth-order valence-electron chi connectivity index (χ4n) is 8.29. The molecule has 3 heterocycles. The molecule has 0 aliphatic carbocycles. The minimum Gasteiger partial charge on any atom is -0.308 e. The molecule has 2 nitrogen and oxygen atoms in total. The summed E-state index contributed by atoms with van der Waals surface area (Å²) in [6, 6.07) is 65.8. The van der Waals surface area contributed by atoms with Crippen molar-refractivity contribution in [1.29, 1.82) is 0 Å². The van der Waals surface area contributed by atoms with Gasteiger partial charge < -0.3 is 4.57 Å². The van der Waals surface area contributed by atoms with Gasteiger partial charge in [-0.25, -0.2) is 4.98 Å². The van der Waals surface area contributed by atoms with Crippen LogP contribution in [0.2, 0.25) is 0 Å². The van der Waals surface area contributed by atoms with Crippen molar-refractivity contribution in [2.24, 2.45) is 0 Å². The van der Waals surface area contributed by atoms with Gasteiger partial charge in [0.15, 0.2) is 0 Å². The second-order valence-corrected chi connectivity index (χ2v) is 14.5. The lowest BCUT2D eigenvalue weighted by Crippen LogP contribution is -1.98. The number of hydrogen-bond donors (Lipinski definition) is 0. The highest BCUT2D eigenvalue weighted by atomic mass is 32.1. The van der Waals surface area contributed by atoms with E-state index in [9.17, 15) is 0 Å². The molecule has 52 heavy (non-hydrogen) atoms. The van der Waals surface area contributed by atoms with Crippen LogP contribution >= 0.6 is 11.3 Å². The molecule has 0 saturated heterocycles. The Bertz CT molecular complexity index is 3110. The van der Waals surface area contributed by atoms with Crippen molar-refractivity contribution in [2.75, 3.05) is 0 Å². The van der Waals surface area contributed by atoms with Gasteiger partial charge in [0.1, 0.15) is 0 Å². The Morgan fingerprint density at radius 1 is 0.404 bits per heavy atom. The standard InChI is InChI=1S/C49H30N2S/c1-3-16-32(17-4-1)42-29-34(30-43(50-42)33-18-5-2-6-19-33)51-44-28-12-11-24-40(44)46-47(51)38-23-10-9-22-37(38)45-41-27-14-26-39(48(41)52-49(45)46)36-25-13-20-31-15-7-8-21-35(31)36/h1-30H. The molecule has 0 bridgehead atoms. The van der Waals surface area contributed by atoms with Gasteiger partial charge in [-0.2, -0.15) is 0 Å². The van der Waals surface area contributed by atoms with Crippen LogP contribution in [0.4, 0.5) is 0 Å². The van der Waals surface area contributed by atoms with Gasteiger partial charge in [0.2, 0.25) is 0 Å². The predicted molar refractivity (Wildman–Crippen MR) is 223 cm³/mol. The molecule has 8 aromatic carbocycles. The molecular weight excluding hydrogens is 649 g/mol. The number of aromatic nitrogens is 2. The maximum Gasteiger partial charge on any atom is 0.0730 e. The SMILES string of the molecule is c1ccc(-c2cc(-n3c4ccccc4c4c5sc6c(-c7cccc8ccccc78)cccc6c5c5ccccc5c43)cc(-c3ccccc3)n2)cc1. The van der Waals surface area contributed by atoms with E-state index in [0.29, 0.717) is 0 Å². The summed E-state index contributed by atoms with van der Waals surface area (Å²) in [6.07, 6.45) is 0. The fourth-order valence-corrected chi connectivity index (χ4v) is 9.70. The summed E-state index contributed by atoms with van der Waals surface area (Å²) in [7, 11) is 0. The average molecular weight is 679 g/mol. The first kappa shape index (κ1) is 29.2. The summed E-state index contributed by atoms with van der Waals surface area (Å²) in [5.74, 6) is 0. The van der Waals surface area contributed by atoms with E-state index in [4.69, 9.17) is 4.98 Å². The molecule has 0 aliphatic heterocycles. The smallest absolute Gasteiger partial charge is 0.0730 e. The van der Waals surface area contributed by atoms with E-state index >= 15 is 0 Å². The van der Waals surface area contributed by atoms with Gasteiger partial charge in [0.05, 0.1) is 28.1 Å². The van der Waals surface area contributed by atoms with Crippen LogP contribution in [-0.2, 0) is 0 Å². The minimum absolute atomic E-state index is 0.954. The maximum absolute atomic E-state index is 5.23. The minimum atomic E-state index is 0.954. The van der Waals surface area contributed by atoms with Crippen molar-refractivity contribution in [3.63, 3.8) is 0 Å². The van der Waals surface area contributed by atoms with E-state index < -0.39 is 0 Å². The molecule has 3 heteroatoms. The second kappa shape index (κ2) is 11.5. The Labute approximate surface area is 304 Å². The molecule has 11 aromatic rings. The van der Waals surface area contributed by atoms with Gasteiger partial charge in [-0.15, -0.1) is 11.3 Å². The summed E-state index contributed by atoms with van der Waals surface area (Å²) in [5, 5.41) is 10.3. The summed E-state index contributed by atoms with van der Waals surface area (Å²) in [6.45, 7) is 0. The quantitative estimate of drug-likeness (QED) is 0.181. The molecule has 3 aromatic heterocycles. The van der Waals surface area contributed by atoms with Gasteiger partial charge in [-0.05, 0) is 39.9 Å². The number of benzene rings is 8. The van der Waals surface area contributed by atoms with Crippen molar-refractivity contribution in [3.8, 4) is 39.3 Å². The van der Waals surface area contributed by atoms with Crippen LogP contribution in [0, 0.1) is 0 Å². The van der Waals surface area contributed by atoms with Gasteiger partial charge >= 0.3 is 0 Å². The fraction of sp³-hybridized carbons (Fsp3) is 0. The monoisotopic (exact) mass is 678 g/mol. The number of fused-ring (bicyclic) bond motifs is 11. The van der Waals surface area contributed by atoms with E-state index in [1.807, 2.05) is 11.3 Å². The molecular formula is C49H30N2S. The number of pyridine rings is 1. The number of nitrogens with zero attached hydrogens (tertiary/aromatic N) is 2. The lowest BCUT2D eigenvalue weighted by molar-refractivity contribution is 1.16. The van der Waals surface area contributed by atoms with E-state index in [1.54, 1.807) is 0 Å². The third kappa shape index (κ3) is 4.33. The van der Waals surface area contributed by atoms with E-state index in [2.05, 4.69) is 187 Å². The van der Waals surface area contributed by atoms with Gasteiger partial charge in [0, 0.05) is 53.0 Å². The highest BCUT2D eigenvalue weighted by molar-refractivity contribution is 7.27. The maximum atomic E-state index is 5.23. The number of hydrogen-bond acceptors (Lipinski definition) is 2. The van der Waals surface area contributed by atoms with Gasteiger partial charge in [-0.1, -0.05) is 164 Å². The van der Waals surface area contributed by atoms with E-state index in [1.165, 1.54) is 74.6 Å². The molecule has 242 valence electrons. The third-order valence-electron chi connectivity index (χ3n) is 10.6. The molecule has 0 radical (unpaired) electrons. The zero-order chi connectivity index (χ0) is 34.2. The third-order valence-corrected chi connectivity index (χ3v) is 11.8. The van der Waals surface area contributed by atoms with Crippen LogP contribution < -0.4 is 0 Å². The molecule has 0 aliphatic rings. The molecule has 0 saturated carbocycles. The normalized spacial score (nSPS) is 11.8. The summed E-state index contributed by atoms with van der Waals surface area (Å²) in [5.41, 5.74) is 10.2. The molecule has 0 fully saturated rings. The lowest BCUT2D eigenvalue weighted by Gasteiger charge is -2.14. The van der Waals surface area contributed by atoms with Crippen LogP contribution in [0.15, 0.2) is 182 Å². The lowest BCUT2D eigenvalue weighted by atomic mass is 9.95. The highest BCUT2D eigenvalue weighted by Crippen LogP contribution is 2.50. The van der Waals surface area contributed by atoms with E-state index in [-0.39, 0.29) is 0 Å². The van der Waals surface area contributed by atoms with Crippen molar-refractivity contribution in [1.82, 2.24) is 9.55 Å². The Kier molecular flexibility index (Phi) is 6.46. The number of thiophene rings is 1. The Hall–Kier alpha value is -6.55. The van der Waals surface area contributed by atoms with Crippen molar-refractivity contribution < 1.29 is 0 Å². The van der Waals surface area contributed by atoms with Gasteiger partial charge in [-0.3, -0.25) is 0 Å². The van der Waals surface area contributed by atoms with Crippen molar-refractivity contribution >= 4 is 74.9 Å². The van der Waals surface area contributed by atoms with Crippen LogP contribution in [0.5, 0.6) is 0 Å². The molecule has 11 rings (SSSR count). The van der Waals surface area contributed by atoms with Gasteiger partial charge in [0.25, 0.3) is 0 Å². The van der Waals surface area contributed by atoms with Crippen LogP contribution in [0.25, 0.3) is 103 Å². The number of rotatable bonds is 4. The first-order valence-corrected chi connectivity index (χ1v) is 18.5. The Balaban J connectivity index is 1.29. The molecule has 0 N–H and O–H groups in total. The van der Waals surface area contributed by atoms with E-state index in [0.717, 1.165) is 28.2 Å².